The molecule has 148 valence electrons. The number of ether oxygens (including phenoxy) is 1. The van der Waals surface area contributed by atoms with Gasteiger partial charge < -0.3 is 9.64 Å². The van der Waals surface area contributed by atoms with Gasteiger partial charge in [-0.05, 0) is 35.3 Å². The second kappa shape index (κ2) is 6.91. The van der Waals surface area contributed by atoms with E-state index >= 15 is 0 Å². The van der Waals surface area contributed by atoms with Gasteiger partial charge in [0.1, 0.15) is 0 Å². The van der Waals surface area contributed by atoms with Gasteiger partial charge in [0.25, 0.3) is 0 Å². The Balaban J connectivity index is 1.23. The van der Waals surface area contributed by atoms with Gasteiger partial charge in [0, 0.05) is 32.8 Å². The van der Waals surface area contributed by atoms with E-state index in [9.17, 15) is 13.2 Å². The maximum Gasteiger partial charge on any atom is 0.228 e. The number of hydrogen-bond acceptors (Lipinski definition) is 6. The zero-order valence-electron chi connectivity index (χ0n) is 15.3. The van der Waals surface area contributed by atoms with Crippen LogP contribution in [0.15, 0.2) is 34.9 Å². The van der Waals surface area contributed by atoms with E-state index in [1.54, 1.807) is 9.82 Å². The van der Waals surface area contributed by atoms with Gasteiger partial charge >= 0.3 is 0 Å². The van der Waals surface area contributed by atoms with Gasteiger partial charge in [-0.25, -0.2) is 13.4 Å². The predicted molar refractivity (Wildman–Crippen MR) is 106 cm³/mol. The van der Waals surface area contributed by atoms with Crippen molar-refractivity contribution in [2.24, 2.45) is 5.92 Å². The summed E-state index contributed by atoms with van der Waals surface area (Å²) in [4.78, 5) is 18.7. The number of thiazole rings is 1. The van der Waals surface area contributed by atoms with Crippen molar-refractivity contribution in [3.8, 4) is 0 Å². The van der Waals surface area contributed by atoms with E-state index in [0.29, 0.717) is 39.4 Å². The van der Waals surface area contributed by atoms with Gasteiger partial charge in [-0.3, -0.25) is 4.79 Å². The maximum absolute atomic E-state index is 12.9. The lowest BCUT2D eigenvalue weighted by molar-refractivity contribution is -0.134. The monoisotopic (exact) mass is 419 g/mol. The number of carbonyl (C=O) groups is 1. The Kier molecular flexibility index (Phi) is 4.50. The van der Waals surface area contributed by atoms with Crippen LogP contribution in [0.4, 0.5) is 0 Å². The van der Waals surface area contributed by atoms with Crippen molar-refractivity contribution in [3.63, 3.8) is 0 Å². The van der Waals surface area contributed by atoms with Crippen molar-refractivity contribution in [1.29, 1.82) is 0 Å². The Bertz CT molecular complexity index is 1050. The van der Waals surface area contributed by atoms with Gasteiger partial charge in [-0.1, -0.05) is 6.07 Å². The van der Waals surface area contributed by atoms with Crippen molar-refractivity contribution in [1.82, 2.24) is 14.2 Å². The molecule has 5 rings (SSSR count). The Labute approximate surface area is 167 Å². The van der Waals surface area contributed by atoms with Crippen molar-refractivity contribution < 1.29 is 17.9 Å². The van der Waals surface area contributed by atoms with Gasteiger partial charge in [-0.2, -0.15) is 4.31 Å². The molecule has 1 saturated heterocycles. The number of rotatable bonds is 4. The van der Waals surface area contributed by atoms with Crippen molar-refractivity contribution >= 4 is 37.5 Å². The highest BCUT2D eigenvalue weighted by molar-refractivity contribution is 7.88. The summed E-state index contributed by atoms with van der Waals surface area (Å²) in [6, 6.07) is 5.61. The lowest BCUT2D eigenvalue weighted by Crippen LogP contribution is -2.39. The van der Waals surface area contributed by atoms with Crippen LogP contribution in [-0.2, 0) is 25.3 Å². The molecule has 1 amide bonds. The summed E-state index contributed by atoms with van der Waals surface area (Å²) in [6.45, 7) is 3.03. The van der Waals surface area contributed by atoms with E-state index < -0.39 is 10.0 Å². The number of amides is 1. The molecular formula is C19H21N3O4S2. The first kappa shape index (κ1) is 18.2. The fourth-order valence-corrected chi connectivity index (χ4v) is 6.41. The van der Waals surface area contributed by atoms with Crippen LogP contribution in [0.5, 0.6) is 0 Å². The minimum atomic E-state index is -3.41. The molecule has 1 aromatic carbocycles. The highest BCUT2D eigenvalue weighted by Gasteiger charge is 2.38. The van der Waals surface area contributed by atoms with E-state index in [4.69, 9.17) is 4.74 Å². The average molecular weight is 420 g/mol. The number of nitrogens with zero attached hydrogens (tertiary/aromatic N) is 3. The van der Waals surface area contributed by atoms with E-state index in [1.165, 1.54) is 11.3 Å². The minimum absolute atomic E-state index is 0.0105. The van der Waals surface area contributed by atoms with Crippen LogP contribution in [-0.4, -0.2) is 67.9 Å². The minimum Gasteiger partial charge on any atom is -0.381 e. The molecule has 0 saturated carbocycles. The second-order valence-electron chi connectivity index (χ2n) is 7.64. The summed E-state index contributed by atoms with van der Waals surface area (Å²) in [5, 5.41) is 0. The van der Waals surface area contributed by atoms with Gasteiger partial charge in [-0.15, -0.1) is 11.3 Å². The molecule has 2 aromatic rings. The third kappa shape index (κ3) is 3.26. The number of hydrogen-bond donors (Lipinski definition) is 0. The van der Waals surface area contributed by atoms with Crippen molar-refractivity contribution in [2.75, 3.05) is 39.4 Å². The number of sulfonamides is 1. The first-order valence-corrected chi connectivity index (χ1v) is 11.8. The van der Waals surface area contributed by atoms with Crippen LogP contribution in [0, 0.1) is 5.92 Å². The largest absolute Gasteiger partial charge is 0.381 e. The molecule has 7 nitrogen and oxygen atoms in total. The molecule has 3 aliphatic rings. The second-order valence-corrected chi connectivity index (χ2v) is 10.5. The molecule has 0 spiro atoms. The van der Waals surface area contributed by atoms with Crippen LogP contribution in [0.1, 0.15) is 12.0 Å². The first-order valence-electron chi connectivity index (χ1n) is 9.36. The zero-order valence-corrected chi connectivity index (χ0v) is 17.0. The molecule has 0 bridgehead atoms. The van der Waals surface area contributed by atoms with Crippen molar-refractivity contribution in [2.45, 2.75) is 12.2 Å². The van der Waals surface area contributed by atoms with E-state index in [2.05, 4.69) is 4.98 Å². The Morgan fingerprint density at radius 2 is 2.00 bits per heavy atom. The summed E-state index contributed by atoms with van der Waals surface area (Å²) in [5.41, 5.74) is 5.59. The summed E-state index contributed by atoms with van der Waals surface area (Å²) >= 11 is 1.51. The van der Waals surface area contributed by atoms with Crippen molar-refractivity contribution in [3.05, 3.63) is 40.4 Å². The molecule has 4 heterocycles. The zero-order chi connectivity index (χ0) is 19.3. The molecular weight excluding hydrogens is 398 g/mol. The summed E-state index contributed by atoms with van der Waals surface area (Å²) in [7, 11) is -3.41. The number of fused-ring (bicyclic) bond motifs is 1. The highest BCUT2D eigenvalue weighted by atomic mass is 32.2. The Morgan fingerprint density at radius 1 is 1.21 bits per heavy atom. The predicted octanol–water partition coefficient (Wildman–Crippen LogP) is 1.62. The summed E-state index contributed by atoms with van der Waals surface area (Å²) in [5.74, 6) is 0.0874. The molecule has 0 aliphatic carbocycles. The van der Waals surface area contributed by atoms with Gasteiger partial charge in [0.2, 0.25) is 15.9 Å². The molecule has 9 heteroatoms. The topological polar surface area (TPSA) is 79.8 Å². The smallest absolute Gasteiger partial charge is 0.228 e. The van der Waals surface area contributed by atoms with E-state index in [0.717, 1.165) is 33.3 Å². The third-order valence-corrected chi connectivity index (χ3v) is 8.26. The summed E-state index contributed by atoms with van der Waals surface area (Å²) < 4.78 is 33.7. The summed E-state index contributed by atoms with van der Waals surface area (Å²) in [6.07, 6.45) is 0.782. The molecule has 3 aliphatic heterocycles. The quantitative estimate of drug-likeness (QED) is 0.704. The molecule has 1 fully saturated rings. The molecule has 0 radical (unpaired) electrons. The maximum atomic E-state index is 12.9. The molecule has 1 aromatic heterocycles. The van der Waals surface area contributed by atoms with Crippen LogP contribution in [0.3, 0.4) is 0 Å². The lowest BCUT2D eigenvalue weighted by Gasteiger charge is -2.24. The molecule has 1 atom stereocenters. The first-order chi connectivity index (χ1) is 13.5. The van der Waals surface area contributed by atoms with E-state index in [-0.39, 0.29) is 17.6 Å². The SMILES string of the molecule is O=C(C1CCOC1)N1CC2=C(C1)CN(S(=O)(=O)Cc1ccc3ncsc3c1)C2. The third-order valence-electron chi connectivity index (χ3n) is 5.73. The number of carbonyl (C=O) groups excluding carboxylic acids is 1. The van der Waals surface area contributed by atoms with Crippen LogP contribution in [0.2, 0.25) is 0 Å². The number of benzene rings is 1. The fourth-order valence-electron chi connectivity index (χ4n) is 4.18. The normalized spacial score (nSPS) is 23.1. The standard InChI is InChI=1S/C19H21N3O4S2/c23-19(14-3-4-26-10-14)21-6-15-8-22(9-16(15)7-21)28(24,25)11-13-1-2-17-18(5-13)27-12-20-17/h1-2,5,12,14H,3-4,6-11H2. The lowest BCUT2D eigenvalue weighted by atomic mass is 10.1. The van der Waals surface area contributed by atoms with E-state index in [1.807, 2.05) is 23.1 Å². The highest BCUT2D eigenvalue weighted by Crippen LogP contribution is 2.30. The van der Waals surface area contributed by atoms with Gasteiger partial charge in [0.15, 0.2) is 0 Å². The van der Waals surface area contributed by atoms with Gasteiger partial charge in [0.05, 0.1) is 34.0 Å². The number of aromatic nitrogens is 1. The molecule has 28 heavy (non-hydrogen) atoms. The molecule has 0 N–H and O–H groups in total. The Morgan fingerprint density at radius 3 is 2.71 bits per heavy atom. The fraction of sp³-hybridized carbons (Fsp3) is 0.474. The Hall–Kier alpha value is -1.81. The van der Waals surface area contributed by atoms with Crippen LogP contribution in [0.25, 0.3) is 10.2 Å². The van der Waals surface area contributed by atoms with Crippen LogP contribution >= 0.6 is 11.3 Å². The average Bonchev–Trinajstić information content (AvgIpc) is 3.42. The van der Waals surface area contributed by atoms with Crippen LogP contribution < -0.4 is 0 Å². The molecule has 1 unspecified atom stereocenters.